The number of aromatic nitrogens is 5. The van der Waals surface area contributed by atoms with Crippen LogP contribution in [0.1, 0.15) is 90.5 Å². The molecule has 5 heteroatoms. The molecule has 5 nitrogen and oxygen atoms in total. The molecule has 6 aromatic rings. The monoisotopic (exact) mass is 479 g/mol. The number of imidazole rings is 1. The lowest BCUT2D eigenvalue weighted by molar-refractivity contribution is 0.548. The minimum atomic E-state index is -0.143. The SMILES string of the molecule is Cc1c(C)n2c3c1c(C(C)(C)C)cc1cc(C(C)(C)C)cc(c13)n1c3cnc(C(C)(C)C)nc3nc21. The molecule has 0 spiro atoms. The first-order valence-corrected chi connectivity index (χ1v) is 13.0. The Labute approximate surface area is 212 Å². The second-order valence-electron chi connectivity index (χ2n) is 13.7. The lowest BCUT2D eigenvalue weighted by Gasteiger charge is -2.25. The van der Waals surface area contributed by atoms with Crippen LogP contribution in [-0.2, 0) is 16.2 Å². The maximum atomic E-state index is 5.17. The van der Waals surface area contributed by atoms with Crippen molar-refractivity contribution in [1.29, 1.82) is 0 Å². The number of hydrogen-bond donors (Lipinski definition) is 0. The zero-order chi connectivity index (χ0) is 26.1. The highest BCUT2D eigenvalue weighted by molar-refractivity contribution is 6.18. The van der Waals surface area contributed by atoms with Gasteiger partial charge in [0.1, 0.15) is 11.3 Å². The largest absolute Gasteiger partial charge is 0.283 e. The molecule has 0 fully saturated rings. The first kappa shape index (κ1) is 23.2. The Morgan fingerprint density at radius 3 is 2.00 bits per heavy atom. The highest BCUT2D eigenvalue weighted by Crippen LogP contribution is 2.44. The first-order valence-electron chi connectivity index (χ1n) is 13.0. The molecule has 4 aromatic heterocycles. The van der Waals surface area contributed by atoms with Gasteiger partial charge in [-0.15, -0.1) is 0 Å². The van der Waals surface area contributed by atoms with Crippen molar-refractivity contribution in [3.8, 4) is 0 Å². The molecule has 0 saturated carbocycles. The van der Waals surface area contributed by atoms with Gasteiger partial charge in [0.25, 0.3) is 0 Å². The van der Waals surface area contributed by atoms with Gasteiger partial charge in [0.15, 0.2) is 5.65 Å². The van der Waals surface area contributed by atoms with Crippen LogP contribution in [0.15, 0.2) is 24.4 Å². The van der Waals surface area contributed by atoms with Gasteiger partial charge in [-0.2, -0.15) is 4.98 Å². The highest BCUT2D eigenvalue weighted by atomic mass is 15.2. The summed E-state index contributed by atoms with van der Waals surface area (Å²) >= 11 is 0. The summed E-state index contributed by atoms with van der Waals surface area (Å²) in [7, 11) is 0. The number of hydrogen-bond acceptors (Lipinski definition) is 3. The molecule has 0 saturated heterocycles. The van der Waals surface area contributed by atoms with Crippen LogP contribution in [-0.4, -0.2) is 23.8 Å². The average Bonchev–Trinajstić information content (AvgIpc) is 3.26. The molecule has 36 heavy (non-hydrogen) atoms. The summed E-state index contributed by atoms with van der Waals surface area (Å²) in [5.74, 6) is 1.73. The topological polar surface area (TPSA) is 47.5 Å². The van der Waals surface area contributed by atoms with E-state index in [0.29, 0.717) is 0 Å². The van der Waals surface area contributed by atoms with Crippen LogP contribution in [0.4, 0.5) is 0 Å². The third-order valence-electron chi connectivity index (χ3n) is 7.85. The zero-order valence-electron chi connectivity index (χ0n) is 23.5. The van der Waals surface area contributed by atoms with Crippen LogP contribution in [0.5, 0.6) is 0 Å². The van der Waals surface area contributed by atoms with Crippen molar-refractivity contribution in [2.45, 2.75) is 92.4 Å². The van der Waals surface area contributed by atoms with Crippen LogP contribution in [0.25, 0.3) is 44.1 Å². The van der Waals surface area contributed by atoms with E-state index in [4.69, 9.17) is 15.0 Å². The Morgan fingerprint density at radius 2 is 1.39 bits per heavy atom. The minimum Gasteiger partial charge on any atom is -0.283 e. The summed E-state index contributed by atoms with van der Waals surface area (Å²) in [5, 5.41) is 3.93. The molecule has 0 atom stereocenters. The number of nitrogens with zero attached hydrogens (tertiary/aromatic N) is 5. The van der Waals surface area contributed by atoms with Crippen LogP contribution in [0.3, 0.4) is 0 Å². The molecular formula is C31H37N5. The van der Waals surface area contributed by atoms with Gasteiger partial charge < -0.3 is 0 Å². The predicted molar refractivity (Wildman–Crippen MR) is 151 cm³/mol. The minimum absolute atomic E-state index is 0.0132. The van der Waals surface area contributed by atoms with Crippen molar-refractivity contribution in [2.24, 2.45) is 0 Å². The molecular weight excluding hydrogens is 442 g/mol. The summed E-state index contributed by atoms with van der Waals surface area (Å²) in [4.78, 5) is 14.9. The second kappa shape index (κ2) is 6.76. The predicted octanol–water partition coefficient (Wildman–Crippen LogP) is 7.78. The Hall–Kier alpha value is -3.21. The summed E-state index contributed by atoms with van der Waals surface area (Å²) in [6.07, 6.45) is 1.96. The molecule has 0 aliphatic rings. The van der Waals surface area contributed by atoms with Crippen LogP contribution >= 0.6 is 0 Å². The van der Waals surface area contributed by atoms with E-state index in [-0.39, 0.29) is 16.2 Å². The molecule has 4 heterocycles. The van der Waals surface area contributed by atoms with Crippen LogP contribution < -0.4 is 0 Å². The maximum Gasteiger partial charge on any atom is 0.221 e. The fourth-order valence-electron chi connectivity index (χ4n) is 5.68. The van der Waals surface area contributed by atoms with E-state index in [2.05, 4.69) is 103 Å². The third kappa shape index (κ3) is 2.98. The third-order valence-corrected chi connectivity index (χ3v) is 7.85. The van der Waals surface area contributed by atoms with Gasteiger partial charge in [0.05, 0.1) is 17.2 Å². The second-order valence-corrected chi connectivity index (χ2v) is 13.7. The molecule has 186 valence electrons. The van der Waals surface area contributed by atoms with Crippen molar-refractivity contribution in [2.75, 3.05) is 0 Å². The number of rotatable bonds is 0. The van der Waals surface area contributed by atoms with Gasteiger partial charge in [0.2, 0.25) is 5.78 Å². The van der Waals surface area contributed by atoms with Crippen LogP contribution in [0, 0.1) is 13.8 Å². The zero-order valence-corrected chi connectivity index (χ0v) is 23.5. The molecule has 0 unspecified atom stereocenters. The van der Waals surface area contributed by atoms with Crippen molar-refractivity contribution >= 4 is 44.1 Å². The van der Waals surface area contributed by atoms with E-state index < -0.39 is 0 Å². The fourth-order valence-corrected chi connectivity index (χ4v) is 5.68. The standard InChI is InChI=1S/C31H37N5/c1-16-17(2)35-25-23(16)20(30(6,7)8)13-18-12-19(29(3,4)5)14-21(24(18)25)36-22-15-32-27(31(9,10)11)33-26(22)34-28(35)36/h12-15H,1-11H3. The van der Waals surface area contributed by atoms with Crippen LogP contribution in [0.2, 0.25) is 0 Å². The lowest BCUT2D eigenvalue weighted by Crippen LogP contribution is -2.15. The number of benzene rings is 2. The smallest absolute Gasteiger partial charge is 0.221 e. The van der Waals surface area contributed by atoms with E-state index in [0.717, 1.165) is 22.8 Å². The molecule has 0 bridgehead atoms. The van der Waals surface area contributed by atoms with E-state index in [9.17, 15) is 0 Å². The molecule has 0 aliphatic heterocycles. The quantitative estimate of drug-likeness (QED) is 0.223. The van der Waals surface area contributed by atoms with Crippen molar-refractivity contribution < 1.29 is 0 Å². The average molecular weight is 480 g/mol. The van der Waals surface area contributed by atoms with Crippen molar-refractivity contribution in [3.05, 3.63) is 52.6 Å². The van der Waals surface area contributed by atoms with E-state index >= 15 is 0 Å². The number of fused-ring (bicyclic) bond motifs is 5. The highest BCUT2D eigenvalue weighted by Gasteiger charge is 2.29. The Bertz CT molecular complexity index is 1840. The summed E-state index contributed by atoms with van der Waals surface area (Å²) < 4.78 is 4.65. The Kier molecular flexibility index (Phi) is 4.35. The van der Waals surface area contributed by atoms with Crippen molar-refractivity contribution in [3.63, 3.8) is 0 Å². The molecule has 2 aromatic carbocycles. The molecule has 0 amide bonds. The van der Waals surface area contributed by atoms with E-state index in [1.54, 1.807) is 0 Å². The summed E-state index contributed by atoms with van der Waals surface area (Å²) in [5.41, 5.74) is 9.30. The Balaban J connectivity index is 1.96. The van der Waals surface area contributed by atoms with Gasteiger partial charge in [0, 0.05) is 21.9 Å². The first-order chi connectivity index (χ1) is 16.6. The summed E-state index contributed by atoms with van der Waals surface area (Å²) in [6, 6.07) is 7.20. The summed E-state index contributed by atoms with van der Waals surface area (Å²) in [6.45, 7) is 24.7. The fraction of sp³-hybridized carbons (Fsp3) is 0.452. The van der Waals surface area contributed by atoms with Gasteiger partial charge in [-0.05, 0) is 58.9 Å². The normalized spacial score (nSPS) is 14.0. The molecule has 0 N–H and O–H groups in total. The van der Waals surface area contributed by atoms with E-state index in [1.807, 2.05) is 6.20 Å². The molecule has 6 rings (SSSR count). The van der Waals surface area contributed by atoms with Gasteiger partial charge >= 0.3 is 0 Å². The number of aryl methyl sites for hydroxylation is 2. The molecule has 0 aliphatic carbocycles. The van der Waals surface area contributed by atoms with Gasteiger partial charge in [-0.1, -0.05) is 68.4 Å². The Morgan fingerprint density at radius 1 is 0.694 bits per heavy atom. The maximum absolute atomic E-state index is 5.17. The lowest BCUT2D eigenvalue weighted by atomic mass is 9.80. The van der Waals surface area contributed by atoms with Crippen molar-refractivity contribution in [1.82, 2.24) is 23.8 Å². The van der Waals surface area contributed by atoms with Gasteiger partial charge in [-0.3, -0.25) is 8.80 Å². The van der Waals surface area contributed by atoms with Gasteiger partial charge in [-0.25, -0.2) is 9.97 Å². The van der Waals surface area contributed by atoms with E-state index in [1.165, 1.54) is 49.6 Å². The molecule has 0 radical (unpaired) electrons.